The molecule has 6 nitrogen and oxygen atoms in total. The molecule has 1 aliphatic heterocycles. The molecule has 1 amide bonds. The van der Waals surface area contributed by atoms with Crippen LogP contribution in [0, 0.1) is 0 Å². The van der Waals surface area contributed by atoms with E-state index in [-0.39, 0.29) is 5.91 Å². The molecule has 0 aliphatic carbocycles. The summed E-state index contributed by atoms with van der Waals surface area (Å²) >= 11 is 15.9. The van der Waals surface area contributed by atoms with Gasteiger partial charge in [0.15, 0.2) is 11.3 Å². The van der Waals surface area contributed by atoms with Crippen LogP contribution in [-0.4, -0.2) is 56.5 Å². The minimum atomic E-state index is -0.0768. The van der Waals surface area contributed by atoms with Crippen molar-refractivity contribution < 1.29 is 4.79 Å². The van der Waals surface area contributed by atoms with Crippen molar-refractivity contribution in [1.29, 1.82) is 0 Å². The van der Waals surface area contributed by atoms with Crippen LogP contribution in [0.3, 0.4) is 0 Å². The zero-order valence-electron chi connectivity index (χ0n) is 14.3. The second-order valence-electron chi connectivity index (χ2n) is 6.37. The number of aromatic nitrogens is 3. The van der Waals surface area contributed by atoms with E-state index in [4.69, 9.17) is 23.2 Å². The number of halogens is 3. The fourth-order valence-corrected chi connectivity index (χ4v) is 3.95. The van der Waals surface area contributed by atoms with Crippen molar-refractivity contribution in [2.24, 2.45) is 0 Å². The summed E-state index contributed by atoms with van der Waals surface area (Å²) in [5.41, 5.74) is 1.98. The van der Waals surface area contributed by atoms with Crippen LogP contribution >= 0.6 is 39.1 Å². The molecule has 2 aromatic heterocycles. The number of amides is 1. The number of carbonyl (C=O) groups is 1. The summed E-state index contributed by atoms with van der Waals surface area (Å²) < 4.78 is 2.41. The van der Waals surface area contributed by atoms with Crippen molar-refractivity contribution in [3.8, 4) is 0 Å². The third-order valence-electron chi connectivity index (χ3n) is 4.60. The molecule has 140 valence electrons. The summed E-state index contributed by atoms with van der Waals surface area (Å²) in [5, 5.41) is 5.68. The Hall–Kier alpha value is -1.67. The molecule has 9 heteroatoms. The molecule has 0 atom stereocenters. The van der Waals surface area contributed by atoms with E-state index in [0.717, 1.165) is 23.1 Å². The van der Waals surface area contributed by atoms with Gasteiger partial charge in [0.05, 0.1) is 4.47 Å². The lowest BCUT2D eigenvalue weighted by Gasteiger charge is -2.34. The Kier molecular flexibility index (Phi) is 5.36. The van der Waals surface area contributed by atoms with E-state index >= 15 is 0 Å². The first-order valence-electron chi connectivity index (χ1n) is 8.47. The van der Waals surface area contributed by atoms with Gasteiger partial charge in [-0.1, -0.05) is 29.3 Å². The number of nitrogens with zero attached hydrogens (tertiary/aromatic N) is 5. The maximum absolute atomic E-state index is 12.8. The van der Waals surface area contributed by atoms with E-state index in [1.54, 1.807) is 23.0 Å². The van der Waals surface area contributed by atoms with Crippen LogP contribution in [0.25, 0.3) is 5.65 Å². The van der Waals surface area contributed by atoms with Crippen molar-refractivity contribution >= 4 is 50.7 Å². The van der Waals surface area contributed by atoms with E-state index in [1.165, 1.54) is 0 Å². The Morgan fingerprint density at radius 3 is 2.56 bits per heavy atom. The van der Waals surface area contributed by atoms with Gasteiger partial charge in [-0.05, 0) is 28.1 Å². The molecular formula is C18H16BrCl2N5O. The Labute approximate surface area is 174 Å². The maximum atomic E-state index is 12.8. The van der Waals surface area contributed by atoms with Crippen LogP contribution in [0.4, 0.5) is 0 Å². The zero-order valence-corrected chi connectivity index (χ0v) is 17.4. The minimum Gasteiger partial charge on any atom is -0.335 e. The van der Waals surface area contributed by atoms with Gasteiger partial charge in [-0.3, -0.25) is 9.69 Å². The van der Waals surface area contributed by atoms with Gasteiger partial charge in [-0.2, -0.15) is 5.10 Å². The van der Waals surface area contributed by atoms with Gasteiger partial charge >= 0.3 is 0 Å². The maximum Gasteiger partial charge on any atom is 0.274 e. The predicted molar refractivity (Wildman–Crippen MR) is 108 cm³/mol. The minimum absolute atomic E-state index is 0.0768. The number of hydrogen-bond acceptors (Lipinski definition) is 4. The average molecular weight is 469 g/mol. The highest BCUT2D eigenvalue weighted by atomic mass is 79.9. The van der Waals surface area contributed by atoms with Gasteiger partial charge in [0.1, 0.15) is 0 Å². The lowest BCUT2D eigenvalue weighted by molar-refractivity contribution is 0.0622. The Balaban J connectivity index is 1.41. The van der Waals surface area contributed by atoms with Crippen LogP contribution in [-0.2, 0) is 6.54 Å². The Morgan fingerprint density at radius 1 is 1.15 bits per heavy atom. The standard InChI is InChI=1S/C18H16BrCl2N5O/c19-12-9-22-17-8-16(23-26(17)10-12)18(27)25-6-4-24(5-7-25)11-13-14(20)2-1-3-15(13)21/h1-3,8-10H,4-7,11H2. The monoisotopic (exact) mass is 467 g/mol. The summed E-state index contributed by atoms with van der Waals surface area (Å²) in [4.78, 5) is 21.1. The van der Waals surface area contributed by atoms with E-state index in [9.17, 15) is 4.79 Å². The van der Waals surface area contributed by atoms with Crippen molar-refractivity contribution in [3.63, 3.8) is 0 Å². The van der Waals surface area contributed by atoms with Gasteiger partial charge < -0.3 is 4.90 Å². The molecule has 3 aromatic rings. The molecule has 0 spiro atoms. The van der Waals surface area contributed by atoms with Gasteiger partial charge in [-0.15, -0.1) is 0 Å². The first kappa shape index (κ1) is 18.7. The molecule has 1 aromatic carbocycles. The lowest BCUT2D eigenvalue weighted by Crippen LogP contribution is -2.48. The van der Waals surface area contributed by atoms with Crippen molar-refractivity contribution in [2.45, 2.75) is 6.54 Å². The molecular weight excluding hydrogens is 453 g/mol. The molecule has 0 bridgehead atoms. The second-order valence-corrected chi connectivity index (χ2v) is 8.10. The molecule has 0 saturated carbocycles. The zero-order chi connectivity index (χ0) is 19.0. The number of fused-ring (bicyclic) bond motifs is 1. The largest absolute Gasteiger partial charge is 0.335 e. The molecule has 4 rings (SSSR count). The second kappa shape index (κ2) is 7.75. The molecule has 0 radical (unpaired) electrons. The highest BCUT2D eigenvalue weighted by Gasteiger charge is 2.25. The molecule has 3 heterocycles. The molecule has 1 fully saturated rings. The van der Waals surface area contributed by atoms with Crippen LogP contribution < -0.4 is 0 Å². The van der Waals surface area contributed by atoms with E-state index in [0.29, 0.717) is 41.0 Å². The molecule has 0 N–H and O–H groups in total. The highest BCUT2D eigenvalue weighted by Crippen LogP contribution is 2.26. The van der Waals surface area contributed by atoms with Crippen molar-refractivity contribution in [1.82, 2.24) is 24.4 Å². The fraction of sp³-hybridized carbons (Fsp3) is 0.278. The number of hydrogen-bond donors (Lipinski definition) is 0. The first-order valence-corrected chi connectivity index (χ1v) is 10.0. The Bertz CT molecular complexity index is 980. The quantitative estimate of drug-likeness (QED) is 0.587. The van der Waals surface area contributed by atoms with Gasteiger partial charge in [0.2, 0.25) is 0 Å². The Morgan fingerprint density at radius 2 is 1.85 bits per heavy atom. The number of piperazine rings is 1. The molecule has 1 aliphatic rings. The van der Waals surface area contributed by atoms with E-state index in [2.05, 4.69) is 30.9 Å². The lowest BCUT2D eigenvalue weighted by atomic mass is 10.2. The number of benzene rings is 1. The van der Waals surface area contributed by atoms with Crippen LogP contribution in [0.15, 0.2) is 41.1 Å². The third kappa shape index (κ3) is 3.96. The molecule has 1 saturated heterocycles. The van der Waals surface area contributed by atoms with Crippen LogP contribution in [0.2, 0.25) is 10.0 Å². The van der Waals surface area contributed by atoms with Gasteiger partial charge in [0, 0.05) is 66.8 Å². The van der Waals surface area contributed by atoms with Crippen LogP contribution in [0.1, 0.15) is 16.1 Å². The molecule has 27 heavy (non-hydrogen) atoms. The van der Waals surface area contributed by atoms with Gasteiger partial charge in [0.25, 0.3) is 5.91 Å². The summed E-state index contributed by atoms with van der Waals surface area (Å²) in [7, 11) is 0. The molecule has 0 unspecified atom stereocenters. The van der Waals surface area contributed by atoms with Crippen LogP contribution in [0.5, 0.6) is 0 Å². The van der Waals surface area contributed by atoms with Gasteiger partial charge in [-0.25, -0.2) is 9.50 Å². The topological polar surface area (TPSA) is 53.7 Å². The van der Waals surface area contributed by atoms with Crippen molar-refractivity contribution in [3.05, 3.63) is 62.4 Å². The third-order valence-corrected chi connectivity index (χ3v) is 5.72. The summed E-state index contributed by atoms with van der Waals surface area (Å²) in [5.74, 6) is -0.0768. The number of carbonyl (C=O) groups excluding carboxylic acids is 1. The van der Waals surface area contributed by atoms with Crippen molar-refractivity contribution in [2.75, 3.05) is 26.2 Å². The summed E-state index contributed by atoms with van der Waals surface area (Å²) in [6, 6.07) is 7.24. The number of rotatable bonds is 3. The van der Waals surface area contributed by atoms with E-state index < -0.39 is 0 Å². The fourth-order valence-electron chi connectivity index (χ4n) is 3.14. The smallest absolute Gasteiger partial charge is 0.274 e. The SMILES string of the molecule is O=C(c1cc2ncc(Br)cn2n1)N1CCN(Cc2c(Cl)cccc2Cl)CC1. The first-order chi connectivity index (χ1) is 13.0. The average Bonchev–Trinajstić information content (AvgIpc) is 3.08. The highest BCUT2D eigenvalue weighted by molar-refractivity contribution is 9.10. The summed E-state index contributed by atoms with van der Waals surface area (Å²) in [6.07, 6.45) is 3.47. The van der Waals surface area contributed by atoms with E-state index in [1.807, 2.05) is 23.1 Å². The normalized spacial score (nSPS) is 15.4. The predicted octanol–water partition coefficient (Wildman–Crippen LogP) is 3.76. The summed E-state index contributed by atoms with van der Waals surface area (Å²) in [6.45, 7) is 3.44.